The maximum absolute atomic E-state index is 12.0. The Balaban J connectivity index is 2.65. The first-order valence-corrected chi connectivity index (χ1v) is 4.95. The topological polar surface area (TPSA) is 64.6 Å². The third-order valence-corrected chi connectivity index (χ3v) is 1.91. The van der Waals surface area contributed by atoms with Crippen LogP contribution in [0.2, 0.25) is 0 Å². The molecule has 0 aliphatic heterocycles. The molecule has 98 valence electrons. The summed E-state index contributed by atoms with van der Waals surface area (Å²) in [6, 6.07) is 5.12. The van der Waals surface area contributed by atoms with Crippen LogP contribution in [0, 0.1) is 0 Å². The van der Waals surface area contributed by atoms with Crippen LogP contribution in [0.15, 0.2) is 24.3 Å². The van der Waals surface area contributed by atoms with Crippen LogP contribution in [-0.2, 0) is 9.53 Å². The van der Waals surface area contributed by atoms with E-state index >= 15 is 0 Å². The molecular formula is C11H11F2NO4. The second-order valence-electron chi connectivity index (χ2n) is 3.16. The van der Waals surface area contributed by atoms with Crippen molar-refractivity contribution in [3.63, 3.8) is 0 Å². The van der Waals surface area contributed by atoms with Gasteiger partial charge < -0.3 is 14.8 Å². The third kappa shape index (κ3) is 4.36. The lowest BCUT2D eigenvalue weighted by molar-refractivity contribution is -0.123. The zero-order valence-electron chi connectivity index (χ0n) is 9.48. The van der Waals surface area contributed by atoms with E-state index in [1.165, 1.54) is 25.2 Å². The highest BCUT2D eigenvalue weighted by Gasteiger charge is 2.11. The summed E-state index contributed by atoms with van der Waals surface area (Å²) in [6.45, 7) is -3.41. The number of amides is 1. The molecule has 1 aromatic rings. The number of benzene rings is 1. The van der Waals surface area contributed by atoms with Crippen molar-refractivity contribution in [2.45, 2.75) is 6.61 Å². The van der Waals surface area contributed by atoms with Gasteiger partial charge in [-0.3, -0.25) is 4.79 Å². The van der Waals surface area contributed by atoms with Crippen molar-refractivity contribution < 1.29 is 27.8 Å². The van der Waals surface area contributed by atoms with Crippen molar-refractivity contribution in [1.29, 1.82) is 0 Å². The van der Waals surface area contributed by atoms with E-state index in [0.717, 1.165) is 6.07 Å². The van der Waals surface area contributed by atoms with Crippen molar-refractivity contribution >= 4 is 11.9 Å². The largest absolute Gasteiger partial charge is 0.452 e. The van der Waals surface area contributed by atoms with Crippen molar-refractivity contribution in [2.24, 2.45) is 0 Å². The van der Waals surface area contributed by atoms with E-state index in [9.17, 15) is 18.4 Å². The van der Waals surface area contributed by atoms with Crippen molar-refractivity contribution in [2.75, 3.05) is 13.7 Å². The first-order valence-electron chi connectivity index (χ1n) is 4.95. The summed E-state index contributed by atoms with van der Waals surface area (Å²) in [5.41, 5.74) is 0.0250. The number of alkyl halides is 2. The molecule has 0 spiro atoms. The Morgan fingerprint density at radius 2 is 2.11 bits per heavy atom. The molecule has 7 heteroatoms. The van der Waals surface area contributed by atoms with Crippen LogP contribution in [0.5, 0.6) is 5.75 Å². The number of esters is 1. The monoisotopic (exact) mass is 259 g/mol. The maximum Gasteiger partial charge on any atom is 0.387 e. The van der Waals surface area contributed by atoms with Crippen LogP contribution in [0.25, 0.3) is 0 Å². The SMILES string of the molecule is CNC(=O)COC(=O)c1cccc(OC(F)F)c1. The zero-order chi connectivity index (χ0) is 13.5. The van der Waals surface area contributed by atoms with Gasteiger partial charge in [0.05, 0.1) is 5.56 Å². The highest BCUT2D eigenvalue weighted by atomic mass is 19.3. The quantitative estimate of drug-likeness (QED) is 0.807. The van der Waals surface area contributed by atoms with Gasteiger partial charge in [0.1, 0.15) is 5.75 Å². The molecule has 0 saturated heterocycles. The lowest BCUT2D eigenvalue weighted by Crippen LogP contribution is -2.25. The van der Waals surface area contributed by atoms with E-state index in [0.29, 0.717) is 0 Å². The molecule has 0 aliphatic rings. The number of hydrogen-bond acceptors (Lipinski definition) is 4. The number of rotatable bonds is 5. The molecule has 0 heterocycles. The molecule has 0 aromatic heterocycles. The Kier molecular flexibility index (Phi) is 5.04. The Labute approximate surface area is 102 Å². The average molecular weight is 259 g/mol. The molecule has 0 unspecified atom stereocenters. The van der Waals surface area contributed by atoms with Crippen molar-refractivity contribution in [3.05, 3.63) is 29.8 Å². The second kappa shape index (κ2) is 6.53. The lowest BCUT2D eigenvalue weighted by atomic mass is 10.2. The molecule has 0 atom stereocenters. The van der Waals surface area contributed by atoms with Gasteiger partial charge in [0.2, 0.25) is 0 Å². The minimum atomic E-state index is -2.97. The van der Waals surface area contributed by atoms with Gasteiger partial charge in [-0.05, 0) is 18.2 Å². The number of halogens is 2. The Morgan fingerprint density at radius 1 is 1.39 bits per heavy atom. The van der Waals surface area contributed by atoms with Gasteiger partial charge in [0.25, 0.3) is 5.91 Å². The van der Waals surface area contributed by atoms with Crippen LogP contribution in [0.1, 0.15) is 10.4 Å². The molecule has 0 radical (unpaired) electrons. The molecule has 1 rings (SSSR count). The molecule has 5 nitrogen and oxygen atoms in total. The number of nitrogens with one attached hydrogen (secondary N) is 1. The average Bonchev–Trinajstić information content (AvgIpc) is 2.35. The number of ether oxygens (including phenoxy) is 2. The summed E-state index contributed by atoms with van der Waals surface area (Å²) in [4.78, 5) is 22.3. The zero-order valence-corrected chi connectivity index (χ0v) is 9.48. The van der Waals surface area contributed by atoms with Crippen LogP contribution >= 0.6 is 0 Å². The summed E-state index contributed by atoms with van der Waals surface area (Å²) in [5.74, 6) is -1.42. The lowest BCUT2D eigenvalue weighted by Gasteiger charge is -2.07. The summed E-state index contributed by atoms with van der Waals surface area (Å²) < 4.78 is 32.7. The molecule has 1 N–H and O–H groups in total. The van der Waals surface area contributed by atoms with Gasteiger partial charge in [-0.15, -0.1) is 0 Å². The number of carbonyl (C=O) groups excluding carboxylic acids is 2. The molecular weight excluding hydrogens is 248 g/mol. The fourth-order valence-electron chi connectivity index (χ4n) is 1.09. The molecule has 0 aliphatic carbocycles. The smallest absolute Gasteiger partial charge is 0.387 e. The normalized spacial score (nSPS) is 10.0. The molecule has 18 heavy (non-hydrogen) atoms. The highest BCUT2D eigenvalue weighted by Crippen LogP contribution is 2.16. The van der Waals surface area contributed by atoms with E-state index in [2.05, 4.69) is 14.8 Å². The van der Waals surface area contributed by atoms with E-state index in [1.807, 2.05) is 0 Å². The van der Waals surface area contributed by atoms with Gasteiger partial charge in [0, 0.05) is 7.05 Å². The number of likely N-dealkylation sites (N-methyl/N-ethyl adjacent to an activating group) is 1. The Bertz CT molecular complexity index is 437. The van der Waals surface area contributed by atoms with Crippen LogP contribution < -0.4 is 10.1 Å². The Hall–Kier alpha value is -2.18. The van der Waals surface area contributed by atoms with Gasteiger partial charge in [-0.2, -0.15) is 8.78 Å². The Morgan fingerprint density at radius 3 is 2.72 bits per heavy atom. The standard InChI is InChI=1S/C11H11F2NO4/c1-14-9(15)6-17-10(16)7-3-2-4-8(5-7)18-11(12)13/h2-5,11H,6H2,1H3,(H,14,15). The van der Waals surface area contributed by atoms with E-state index < -0.39 is 25.1 Å². The second-order valence-corrected chi connectivity index (χ2v) is 3.16. The number of carbonyl (C=O) groups is 2. The minimum absolute atomic E-state index is 0.0250. The van der Waals surface area contributed by atoms with Crippen LogP contribution in [-0.4, -0.2) is 32.1 Å². The van der Waals surface area contributed by atoms with Gasteiger partial charge in [0.15, 0.2) is 6.61 Å². The third-order valence-electron chi connectivity index (χ3n) is 1.91. The summed E-state index contributed by atoms with van der Waals surface area (Å²) >= 11 is 0. The summed E-state index contributed by atoms with van der Waals surface area (Å²) in [7, 11) is 1.40. The van der Waals surface area contributed by atoms with Crippen LogP contribution in [0.3, 0.4) is 0 Å². The summed E-state index contributed by atoms with van der Waals surface area (Å²) in [6.07, 6.45) is 0. The first kappa shape index (κ1) is 13.9. The minimum Gasteiger partial charge on any atom is -0.452 e. The number of hydrogen-bond donors (Lipinski definition) is 1. The predicted molar refractivity (Wildman–Crippen MR) is 57.4 cm³/mol. The molecule has 0 saturated carbocycles. The fraction of sp³-hybridized carbons (Fsp3) is 0.273. The summed E-state index contributed by atoms with van der Waals surface area (Å²) in [5, 5.41) is 2.27. The highest BCUT2D eigenvalue weighted by molar-refractivity contribution is 5.91. The predicted octanol–water partition coefficient (Wildman–Crippen LogP) is 1.19. The van der Waals surface area contributed by atoms with Crippen molar-refractivity contribution in [1.82, 2.24) is 5.32 Å². The molecule has 0 fully saturated rings. The van der Waals surface area contributed by atoms with Gasteiger partial charge >= 0.3 is 12.6 Å². The van der Waals surface area contributed by atoms with Gasteiger partial charge in [-0.1, -0.05) is 6.07 Å². The first-order chi connectivity index (χ1) is 8.52. The molecule has 0 bridgehead atoms. The molecule has 1 aromatic carbocycles. The van der Waals surface area contributed by atoms with Crippen LogP contribution in [0.4, 0.5) is 8.78 Å². The maximum atomic E-state index is 12.0. The van der Waals surface area contributed by atoms with E-state index in [4.69, 9.17) is 0 Å². The van der Waals surface area contributed by atoms with Crippen molar-refractivity contribution in [3.8, 4) is 5.75 Å². The van der Waals surface area contributed by atoms with Gasteiger partial charge in [-0.25, -0.2) is 4.79 Å². The molecule has 1 amide bonds. The van der Waals surface area contributed by atoms with E-state index in [1.54, 1.807) is 0 Å². The van der Waals surface area contributed by atoms with E-state index in [-0.39, 0.29) is 11.3 Å². The fourth-order valence-corrected chi connectivity index (χ4v) is 1.09.